The van der Waals surface area contributed by atoms with E-state index < -0.39 is 0 Å². The van der Waals surface area contributed by atoms with Crippen LogP contribution in [0, 0.1) is 12.7 Å². The van der Waals surface area contributed by atoms with Gasteiger partial charge in [-0.15, -0.1) is 0 Å². The number of hydrogen-bond acceptors (Lipinski definition) is 4. The second kappa shape index (κ2) is 5.18. The lowest BCUT2D eigenvalue weighted by atomic mass is 10.2. The number of hydrogen-bond donors (Lipinski definition) is 2. The molecule has 0 unspecified atom stereocenters. The topological polar surface area (TPSA) is 49.8 Å². The summed E-state index contributed by atoms with van der Waals surface area (Å²) in [6, 6.07) is 4.71. The molecular formula is C12H12ClFN4. The molecule has 4 nitrogen and oxygen atoms in total. The molecular weight excluding hydrogens is 255 g/mol. The van der Waals surface area contributed by atoms with Crippen molar-refractivity contribution in [2.45, 2.75) is 6.92 Å². The molecule has 1 aromatic carbocycles. The lowest BCUT2D eigenvalue weighted by Gasteiger charge is -2.09. The highest BCUT2D eigenvalue weighted by atomic mass is 35.5. The van der Waals surface area contributed by atoms with Crippen LogP contribution in [-0.4, -0.2) is 17.0 Å². The van der Waals surface area contributed by atoms with Crippen LogP contribution in [0.4, 0.5) is 21.8 Å². The van der Waals surface area contributed by atoms with Gasteiger partial charge in [-0.2, -0.15) is 4.98 Å². The van der Waals surface area contributed by atoms with Crippen LogP contribution < -0.4 is 10.6 Å². The van der Waals surface area contributed by atoms with Gasteiger partial charge in [0, 0.05) is 12.7 Å². The number of anilines is 3. The van der Waals surface area contributed by atoms with Crippen LogP contribution in [0.3, 0.4) is 0 Å². The van der Waals surface area contributed by atoms with Crippen molar-refractivity contribution in [2.24, 2.45) is 0 Å². The highest BCUT2D eigenvalue weighted by Crippen LogP contribution is 2.24. The molecule has 0 aliphatic carbocycles. The molecule has 0 bridgehead atoms. The van der Waals surface area contributed by atoms with Gasteiger partial charge in [0.2, 0.25) is 5.95 Å². The quantitative estimate of drug-likeness (QED) is 0.894. The molecule has 6 heteroatoms. The van der Waals surface area contributed by atoms with Crippen molar-refractivity contribution in [1.29, 1.82) is 0 Å². The predicted octanol–water partition coefficient (Wildman–Crippen LogP) is 3.36. The van der Waals surface area contributed by atoms with Crippen LogP contribution in [0.2, 0.25) is 5.02 Å². The maximum absolute atomic E-state index is 13.1. The summed E-state index contributed by atoms with van der Waals surface area (Å²) in [5, 5.41) is 6.24. The van der Waals surface area contributed by atoms with E-state index in [2.05, 4.69) is 20.6 Å². The van der Waals surface area contributed by atoms with Crippen molar-refractivity contribution in [1.82, 2.24) is 9.97 Å². The van der Waals surface area contributed by atoms with E-state index in [1.807, 2.05) is 0 Å². The molecule has 0 aliphatic heterocycles. The Morgan fingerprint density at radius 2 is 2.11 bits per heavy atom. The molecule has 1 aromatic heterocycles. The Bertz CT molecular complexity index is 574. The zero-order chi connectivity index (χ0) is 13.1. The van der Waals surface area contributed by atoms with Gasteiger partial charge in [-0.1, -0.05) is 11.6 Å². The van der Waals surface area contributed by atoms with Crippen molar-refractivity contribution in [3.05, 3.63) is 40.8 Å². The smallest absolute Gasteiger partial charge is 0.224 e. The Hall–Kier alpha value is -1.88. The lowest BCUT2D eigenvalue weighted by molar-refractivity contribution is 0.619. The van der Waals surface area contributed by atoms with Gasteiger partial charge in [0.25, 0.3) is 0 Å². The maximum Gasteiger partial charge on any atom is 0.224 e. The number of aromatic nitrogens is 2. The molecule has 1 heterocycles. The third kappa shape index (κ3) is 2.68. The van der Waals surface area contributed by atoms with Crippen LogP contribution in [0.15, 0.2) is 24.4 Å². The summed E-state index contributed by atoms with van der Waals surface area (Å²) in [7, 11) is 1.72. The van der Waals surface area contributed by atoms with E-state index in [4.69, 9.17) is 11.6 Å². The molecule has 0 fully saturated rings. The van der Waals surface area contributed by atoms with Gasteiger partial charge in [0.1, 0.15) is 10.8 Å². The van der Waals surface area contributed by atoms with Gasteiger partial charge in [-0.05, 0) is 30.7 Å². The molecule has 2 rings (SSSR count). The molecule has 2 aromatic rings. The number of nitrogens with zero attached hydrogens (tertiary/aromatic N) is 2. The van der Waals surface area contributed by atoms with Crippen molar-refractivity contribution in [3.63, 3.8) is 0 Å². The van der Waals surface area contributed by atoms with E-state index in [0.717, 1.165) is 5.69 Å². The standard InChI is InChI=1S/C12H12ClFN4/c1-7-5-8(3-4-10(7)14)17-11-9(13)6-16-12(15-2)18-11/h3-6H,1-2H3,(H2,15,16,17,18). The Labute approximate surface area is 109 Å². The summed E-state index contributed by atoms with van der Waals surface area (Å²) >= 11 is 5.98. The van der Waals surface area contributed by atoms with Crippen molar-refractivity contribution < 1.29 is 4.39 Å². The Morgan fingerprint density at radius 3 is 2.78 bits per heavy atom. The van der Waals surface area contributed by atoms with E-state index in [1.54, 1.807) is 26.1 Å². The summed E-state index contributed by atoms with van der Waals surface area (Å²) in [4.78, 5) is 8.16. The first kappa shape index (κ1) is 12.6. The Kier molecular flexibility index (Phi) is 3.62. The maximum atomic E-state index is 13.1. The fraction of sp³-hybridized carbons (Fsp3) is 0.167. The number of aryl methyl sites for hydroxylation is 1. The molecule has 2 N–H and O–H groups in total. The monoisotopic (exact) mass is 266 g/mol. The minimum Gasteiger partial charge on any atom is -0.357 e. The number of rotatable bonds is 3. The fourth-order valence-electron chi connectivity index (χ4n) is 1.43. The number of nitrogens with one attached hydrogen (secondary N) is 2. The minimum absolute atomic E-state index is 0.245. The normalized spacial score (nSPS) is 10.2. The Balaban J connectivity index is 2.30. The molecule has 0 saturated heterocycles. The molecule has 18 heavy (non-hydrogen) atoms. The highest BCUT2D eigenvalue weighted by Gasteiger charge is 2.06. The first-order chi connectivity index (χ1) is 8.60. The van der Waals surface area contributed by atoms with Gasteiger partial charge >= 0.3 is 0 Å². The van der Waals surface area contributed by atoms with Crippen LogP contribution in [-0.2, 0) is 0 Å². The summed E-state index contributed by atoms with van der Waals surface area (Å²) in [6.07, 6.45) is 1.50. The summed E-state index contributed by atoms with van der Waals surface area (Å²) in [6.45, 7) is 1.70. The minimum atomic E-state index is -0.245. The molecule has 0 atom stereocenters. The number of halogens is 2. The third-order valence-electron chi connectivity index (χ3n) is 2.39. The van der Waals surface area contributed by atoms with Crippen LogP contribution in [0.5, 0.6) is 0 Å². The van der Waals surface area contributed by atoms with E-state index in [-0.39, 0.29) is 5.82 Å². The fourth-order valence-corrected chi connectivity index (χ4v) is 1.57. The van der Waals surface area contributed by atoms with Crippen molar-refractivity contribution in [3.8, 4) is 0 Å². The first-order valence-corrected chi connectivity index (χ1v) is 5.71. The Morgan fingerprint density at radius 1 is 1.33 bits per heavy atom. The molecule has 0 amide bonds. The largest absolute Gasteiger partial charge is 0.357 e. The van der Waals surface area contributed by atoms with Gasteiger partial charge in [-0.25, -0.2) is 9.37 Å². The summed E-state index contributed by atoms with van der Waals surface area (Å²) in [5.74, 6) is 0.688. The molecule has 0 aliphatic rings. The van der Waals surface area contributed by atoms with E-state index in [0.29, 0.717) is 22.4 Å². The van der Waals surface area contributed by atoms with E-state index in [9.17, 15) is 4.39 Å². The molecule has 0 saturated carbocycles. The second-order valence-electron chi connectivity index (χ2n) is 3.73. The average Bonchev–Trinajstić information content (AvgIpc) is 2.36. The third-order valence-corrected chi connectivity index (χ3v) is 2.66. The van der Waals surface area contributed by atoms with Gasteiger partial charge < -0.3 is 10.6 Å². The number of benzene rings is 1. The van der Waals surface area contributed by atoms with Gasteiger partial charge in [0.05, 0.1) is 6.20 Å². The van der Waals surface area contributed by atoms with E-state index in [1.165, 1.54) is 12.3 Å². The molecule has 0 spiro atoms. The van der Waals surface area contributed by atoms with Gasteiger partial charge in [-0.3, -0.25) is 0 Å². The summed E-state index contributed by atoms with van der Waals surface area (Å²) in [5.41, 5.74) is 1.27. The molecule has 94 valence electrons. The first-order valence-electron chi connectivity index (χ1n) is 5.33. The van der Waals surface area contributed by atoms with E-state index >= 15 is 0 Å². The average molecular weight is 267 g/mol. The second-order valence-corrected chi connectivity index (χ2v) is 4.14. The van der Waals surface area contributed by atoms with Crippen molar-refractivity contribution >= 4 is 29.1 Å². The highest BCUT2D eigenvalue weighted by molar-refractivity contribution is 6.32. The van der Waals surface area contributed by atoms with Crippen LogP contribution in [0.25, 0.3) is 0 Å². The molecule has 0 radical (unpaired) electrons. The lowest BCUT2D eigenvalue weighted by Crippen LogP contribution is -2.01. The van der Waals surface area contributed by atoms with Gasteiger partial charge in [0.15, 0.2) is 5.82 Å². The zero-order valence-electron chi connectivity index (χ0n) is 9.96. The summed E-state index contributed by atoms with van der Waals surface area (Å²) < 4.78 is 13.1. The van der Waals surface area contributed by atoms with Crippen LogP contribution in [0.1, 0.15) is 5.56 Å². The zero-order valence-corrected chi connectivity index (χ0v) is 10.7. The predicted molar refractivity (Wildman–Crippen MR) is 71.0 cm³/mol. The van der Waals surface area contributed by atoms with Crippen LogP contribution >= 0.6 is 11.6 Å². The van der Waals surface area contributed by atoms with Crippen molar-refractivity contribution in [2.75, 3.05) is 17.7 Å². The SMILES string of the molecule is CNc1ncc(Cl)c(Nc2ccc(F)c(C)c2)n1.